The van der Waals surface area contributed by atoms with E-state index in [0.717, 1.165) is 0 Å². The Labute approximate surface area is 122 Å². The van der Waals surface area contributed by atoms with Gasteiger partial charge in [0.25, 0.3) is 0 Å². The number of rotatable bonds is 2. The molecule has 2 aromatic rings. The van der Waals surface area contributed by atoms with E-state index in [9.17, 15) is 8.78 Å². The van der Waals surface area contributed by atoms with Crippen molar-refractivity contribution in [1.29, 1.82) is 0 Å². The molecule has 2 rings (SSSR count). The molecule has 2 nitrogen and oxygen atoms in total. The van der Waals surface area contributed by atoms with Crippen LogP contribution in [0.5, 0.6) is 0 Å². The first kappa shape index (κ1) is 14.2. The van der Waals surface area contributed by atoms with Gasteiger partial charge in [-0.1, -0.05) is 40.9 Å². The van der Waals surface area contributed by atoms with Gasteiger partial charge in [0.2, 0.25) is 0 Å². The standard InChI is InChI=1S/C12H5Cl3F2N2/c13-6-2-1-3-7(16)9(6)11(14)19-8-4-5-18-12(15)10(8)17/h1-5H. The Morgan fingerprint density at radius 2 is 1.89 bits per heavy atom. The summed E-state index contributed by atoms with van der Waals surface area (Å²) in [4.78, 5) is 7.30. The highest BCUT2D eigenvalue weighted by atomic mass is 35.5. The Morgan fingerprint density at radius 1 is 1.16 bits per heavy atom. The van der Waals surface area contributed by atoms with Crippen molar-refractivity contribution >= 4 is 45.7 Å². The Morgan fingerprint density at radius 3 is 2.58 bits per heavy atom. The molecular weight excluding hydrogens is 317 g/mol. The van der Waals surface area contributed by atoms with E-state index in [1.54, 1.807) is 0 Å². The fourth-order valence-electron chi connectivity index (χ4n) is 1.35. The lowest BCUT2D eigenvalue weighted by Crippen LogP contribution is -1.97. The lowest BCUT2D eigenvalue weighted by atomic mass is 10.2. The molecule has 0 unspecified atom stereocenters. The van der Waals surface area contributed by atoms with E-state index in [-0.39, 0.29) is 26.6 Å². The Balaban J connectivity index is 2.52. The van der Waals surface area contributed by atoms with Gasteiger partial charge >= 0.3 is 0 Å². The molecule has 0 saturated heterocycles. The number of pyridine rings is 1. The molecule has 0 aliphatic rings. The first-order valence-corrected chi connectivity index (χ1v) is 6.12. The van der Waals surface area contributed by atoms with Crippen LogP contribution in [-0.2, 0) is 0 Å². The minimum atomic E-state index is -0.838. The summed E-state index contributed by atoms with van der Waals surface area (Å²) in [6.45, 7) is 0. The molecule has 1 heterocycles. The zero-order chi connectivity index (χ0) is 14.0. The summed E-state index contributed by atoms with van der Waals surface area (Å²) in [5.41, 5.74) is -0.248. The maximum Gasteiger partial charge on any atom is 0.186 e. The van der Waals surface area contributed by atoms with Crippen LogP contribution in [-0.4, -0.2) is 10.2 Å². The molecule has 0 N–H and O–H groups in total. The van der Waals surface area contributed by atoms with Crippen LogP contribution in [0.2, 0.25) is 10.2 Å². The molecule has 0 aliphatic carbocycles. The summed E-state index contributed by atoms with van der Waals surface area (Å²) >= 11 is 17.2. The minimum Gasteiger partial charge on any atom is -0.241 e. The average Bonchev–Trinajstić information content (AvgIpc) is 2.35. The van der Waals surface area contributed by atoms with E-state index in [4.69, 9.17) is 34.8 Å². The number of aliphatic imine (C=N–C) groups is 1. The van der Waals surface area contributed by atoms with Crippen LogP contribution in [0, 0.1) is 11.6 Å². The van der Waals surface area contributed by atoms with Gasteiger partial charge in [0.1, 0.15) is 16.7 Å². The van der Waals surface area contributed by atoms with E-state index in [1.165, 1.54) is 30.5 Å². The van der Waals surface area contributed by atoms with Gasteiger partial charge in [-0.3, -0.25) is 0 Å². The topological polar surface area (TPSA) is 25.2 Å². The summed E-state index contributed by atoms with van der Waals surface area (Å²) in [5.74, 6) is -1.49. The molecule has 0 bridgehead atoms. The second kappa shape index (κ2) is 5.82. The molecule has 1 aromatic carbocycles. The van der Waals surface area contributed by atoms with Gasteiger partial charge in [-0.2, -0.15) is 0 Å². The van der Waals surface area contributed by atoms with Gasteiger partial charge in [0.05, 0.1) is 10.6 Å². The van der Waals surface area contributed by atoms with Gasteiger partial charge < -0.3 is 0 Å². The van der Waals surface area contributed by atoms with Crippen molar-refractivity contribution < 1.29 is 8.78 Å². The van der Waals surface area contributed by atoms with Crippen molar-refractivity contribution in [3.63, 3.8) is 0 Å². The van der Waals surface area contributed by atoms with Gasteiger partial charge in [-0.15, -0.1) is 0 Å². The van der Waals surface area contributed by atoms with Crippen molar-refractivity contribution in [3.8, 4) is 0 Å². The quantitative estimate of drug-likeness (QED) is 0.565. The van der Waals surface area contributed by atoms with Crippen LogP contribution in [0.3, 0.4) is 0 Å². The van der Waals surface area contributed by atoms with Crippen LogP contribution in [0.4, 0.5) is 14.5 Å². The fraction of sp³-hybridized carbons (Fsp3) is 0. The lowest BCUT2D eigenvalue weighted by Gasteiger charge is -2.04. The molecule has 0 atom stereocenters. The first-order chi connectivity index (χ1) is 9.00. The van der Waals surface area contributed by atoms with Crippen molar-refractivity contribution in [2.24, 2.45) is 4.99 Å². The van der Waals surface area contributed by atoms with Crippen LogP contribution < -0.4 is 0 Å². The molecule has 0 fully saturated rings. The predicted molar refractivity (Wildman–Crippen MR) is 72.7 cm³/mol. The summed E-state index contributed by atoms with van der Waals surface area (Å²) in [6.07, 6.45) is 1.26. The molecule has 19 heavy (non-hydrogen) atoms. The SMILES string of the molecule is Fc1cccc(Cl)c1C(Cl)=Nc1ccnc(Cl)c1F. The number of benzene rings is 1. The van der Waals surface area contributed by atoms with Gasteiger partial charge in [-0.25, -0.2) is 18.8 Å². The molecule has 7 heteroatoms. The second-order valence-electron chi connectivity index (χ2n) is 3.43. The number of hydrogen-bond acceptors (Lipinski definition) is 2. The summed E-state index contributed by atoms with van der Waals surface area (Å²) in [6, 6.07) is 5.32. The van der Waals surface area contributed by atoms with Crippen LogP contribution >= 0.6 is 34.8 Å². The summed E-state index contributed by atoms with van der Waals surface area (Å²) < 4.78 is 27.2. The maximum absolute atomic E-state index is 13.6. The largest absolute Gasteiger partial charge is 0.241 e. The van der Waals surface area contributed by atoms with E-state index in [0.29, 0.717) is 0 Å². The van der Waals surface area contributed by atoms with Gasteiger partial charge in [-0.05, 0) is 18.2 Å². The number of hydrogen-bond donors (Lipinski definition) is 0. The van der Waals surface area contributed by atoms with Crippen molar-refractivity contribution in [1.82, 2.24) is 4.98 Å². The van der Waals surface area contributed by atoms with Crippen LogP contribution in [0.25, 0.3) is 0 Å². The molecule has 1 aromatic heterocycles. The normalized spacial score (nSPS) is 11.7. The zero-order valence-corrected chi connectivity index (χ0v) is 11.4. The number of nitrogens with zero attached hydrogens (tertiary/aromatic N) is 2. The summed E-state index contributed by atoms with van der Waals surface area (Å²) in [7, 11) is 0. The highest BCUT2D eigenvalue weighted by Crippen LogP contribution is 2.27. The minimum absolute atomic E-state index is 0.0781. The first-order valence-electron chi connectivity index (χ1n) is 4.99. The fourth-order valence-corrected chi connectivity index (χ4v) is 2.09. The second-order valence-corrected chi connectivity index (χ2v) is 4.56. The monoisotopic (exact) mass is 320 g/mol. The van der Waals surface area contributed by atoms with E-state index < -0.39 is 11.6 Å². The van der Waals surface area contributed by atoms with Crippen molar-refractivity contribution in [2.75, 3.05) is 0 Å². The van der Waals surface area contributed by atoms with E-state index in [2.05, 4.69) is 9.98 Å². The van der Waals surface area contributed by atoms with Gasteiger partial charge in [0.15, 0.2) is 11.0 Å². The molecule has 0 amide bonds. The summed E-state index contributed by atoms with van der Waals surface area (Å²) in [5, 5.41) is -0.538. The zero-order valence-electron chi connectivity index (χ0n) is 9.17. The third-order valence-corrected chi connectivity index (χ3v) is 3.07. The third-order valence-electron chi connectivity index (χ3n) is 2.21. The smallest absolute Gasteiger partial charge is 0.186 e. The third kappa shape index (κ3) is 3.03. The average molecular weight is 322 g/mol. The molecule has 0 aliphatic heterocycles. The lowest BCUT2D eigenvalue weighted by molar-refractivity contribution is 0.622. The van der Waals surface area contributed by atoms with Crippen LogP contribution in [0.1, 0.15) is 5.56 Å². The predicted octanol–water partition coefficient (Wildman–Crippen LogP) is 4.98. The van der Waals surface area contributed by atoms with E-state index in [1.807, 2.05) is 0 Å². The highest BCUT2D eigenvalue weighted by Gasteiger charge is 2.14. The molecular formula is C12H5Cl3F2N2. The van der Waals surface area contributed by atoms with E-state index >= 15 is 0 Å². The molecule has 0 spiro atoms. The highest BCUT2D eigenvalue weighted by molar-refractivity contribution is 6.70. The van der Waals surface area contributed by atoms with Crippen molar-refractivity contribution in [3.05, 3.63) is 57.8 Å². The Hall–Kier alpha value is -1.23. The Kier molecular flexibility index (Phi) is 4.34. The van der Waals surface area contributed by atoms with Crippen molar-refractivity contribution in [2.45, 2.75) is 0 Å². The molecule has 0 saturated carbocycles. The number of aromatic nitrogens is 1. The molecule has 0 radical (unpaired) electrons. The number of halogens is 5. The molecule has 98 valence electrons. The van der Waals surface area contributed by atoms with Crippen LogP contribution in [0.15, 0.2) is 35.5 Å². The van der Waals surface area contributed by atoms with Gasteiger partial charge in [0, 0.05) is 6.20 Å². The Bertz CT molecular complexity index is 639. The maximum atomic E-state index is 13.6.